The van der Waals surface area contributed by atoms with Gasteiger partial charge in [-0.15, -0.1) is 0 Å². The first-order chi connectivity index (χ1) is 8.76. The molecule has 1 aromatic carbocycles. The highest BCUT2D eigenvalue weighted by atomic mass is 16.5. The average molecular weight is 250 g/mol. The van der Waals surface area contributed by atoms with E-state index >= 15 is 0 Å². The molecule has 1 aromatic rings. The van der Waals surface area contributed by atoms with Crippen LogP contribution in [0.4, 0.5) is 5.69 Å². The number of aliphatic hydroxyl groups is 1. The fourth-order valence-corrected chi connectivity index (χ4v) is 2.45. The normalized spacial score (nSPS) is 20.2. The quantitative estimate of drug-likeness (QED) is 0.834. The monoisotopic (exact) mass is 250 g/mol. The molecule has 1 fully saturated rings. The van der Waals surface area contributed by atoms with E-state index in [1.165, 1.54) is 16.8 Å². The third kappa shape index (κ3) is 2.83. The first-order valence-corrected chi connectivity index (χ1v) is 6.45. The zero-order valence-electron chi connectivity index (χ0n) is 11.1. The van der Waals surface area contributed by atoms with Crippen LogP contribution in [0.2, 0.25) is 0 Å². The average Bonchev–Trinajstić information content (AvgIpc) is 2.39. The minimum Gasteiger partial charge on any atom is -0.394 e. The van der Waals surface area contributed by atoms with E-state index in [1.54, 1.807) is 0 Å². The van der Waals surface area contributed by atoms with Gasteiger partial charge in [-0.1, -0.05) is 17.7 Å². The number of nitrogens with one attached hydrogen (secondary N) is 1. The highest BCUT2D eigenvalue weighted by Gasteiger charge is 2.24. The molecule has 0 amide bonds. The Morgan fingerprint density at radius 3 is 3.06 bits per heavy atom. The zero-order valence-corrected chi connectivity index (χ0v) is 11.1. The van der Waals surface area contributed by atoms with Crippen molar-refractivity contribution in [3.05, 3.63) is 29.3 Å². The van der Waals surface area contributed by atoms with Gasteiger partial charge in [0, 0.05) is 18.8 Å². The molecule has 1 saturated heterocycles. The maximum Gasteiger partial charge on any atom is 0.0755 e. The van der Waals surface area contributed by atoms with Crippen molar-refractivity contribution in [3.63, 3.8) is 0 Å². The van der Waals surface area contributed by atoms with E-state index in [2.05, 4.69) is 35.3 Å². The van der Waals surface area contributed by atoms with E-state index in [4.69, 9.17) is 4.74 Å². The van der Waals surface area contributed by atoms with Crippen molar-refractivity contribution in [1.29, 1.82) is 0 Å². The van der Waals surface area contributed by atoms with Crippen LogP contribution < -0.4 is 10.2 Å². The highest BCUT2D eigenvalue weighted by molar-refractivity contribution is 5.56. The Hall–Kier alpha value is -1.10. The summed E-state index contributed by atoms with van der Waals surface area (Å²) in [5.74, 6) is 0. The van der Waals surface area contributed by atoms with Crippen LogP contribution in [-0.4, -0.2) is 44.6 Å². The van der Waals surface area contributed by atoms with Gasteiger partial charge in [0.1, 0.15) is 0 Å². The van der Waals surface area contributed by atoms with Crippen LogP contribution in [0, 0.1) is 6.92 Å². The summed E-state index contributed by atoms with van der Waals surface area (Å²) in [5, 5.41) is 12.7. The number of aryl methyl sites for hydroxylation is 1. The molecule has 2 rings (SSSR count). The molecule has 4 nitrogen and oxygen atoms in total. The second-order valence-corrected chi connectivity index (χ2v) is 4.77. The maximum atomic E-state index is 9.46. The largest absolute Gasteiger partial charge is 0.394 e. The van der Waals surface area contributed by atoms with Gasteiger partial charge < -0.3 is 20.1 Å². The van der Waals surface area contributed by atoms with Crippen molar-refractivity contribution in [2.45, 2.75) is 19.5 Å². The van der Waals surface area contributed by atoms with E-state index in [0.717, 1.165) is 19.7 Å². The van der Waals surface area contributed by atoms with Crippen molar-refractivity contribution < 1.29 is 9.84 Å². The SMILES string of the molecule is CNCc1cc(C)ccc1N1CCOCC1CO. The molecule has 4 heteroatoms. The van der Waals surface area contributed by atoms with Gasteiger partial charge in [0.25, 0.3) is 0 Å². The molecule has 1 aliphatic rings. The van der Waals surface area contributed by atoms with E-state index in [0.29, 0.717) is 6.61 Å². The summed E-state index contributed by atoms with van der Waals surface area (Å²) >= 11 is 0. The predicted octanol–water partition coefficient (Wildman–Crippen LogP) is 0.912. The van der Waals surface area contributed by atoms with E-state index < -0.39 is 0 Å². The Morgan fingerprint density at radius 1 is 1.50 bits per heavy atom. The van der Waals surface area contributed by atoms with Gasteiger partial charge in [0.05, 0.1) is 25.9 Å². The van der Waals surface area contributed by atoms with Gasteiger partial charge in [-0.2, -0.15) is 0 Å². The summed E-state index contributed by atoms with van der Waals surface area (Å²) in [6.45, 7) is 5.24. The van der Waals surface area contributed by atoms with Gasteiger partial charge in [-0.25, -0.2) is 0 Å². The van der Waals surface area contributed by atoms with Crippen LogP contribution in [-0.2, 0) is 11.3 Å². The molecule has 0 saturated carbocycles. The molecule has 1 atom stereocenters. The van der Waals surface area contributed by atoms with Crippen LogP contribution in [0.1, 0.15) is 11.1 Å². The molecule has 1 unspecified atom stereocenters. The minimum atomic E-state index is 0.0667. The second-order valence-electron chi connectivity index (χ2n) is 4.77. The molecule has 1 aliphatic heterocycles. The number of benzene rings is 1. The van der Waals surface area contributed by atoms with E-state index in [9.17, 15) is 5.11 Å². The number of hydrogen-bond donors (Lipinski definition) is 2. The number of anilines is 1. The summed E-state index contributed by atoms with van der Waals surface area (Å²) in [4.78, 5) is 2.26. The maximum absolute atomic E-state index is 9.46. The Kier molecular flexibility index (Phi) is 4.58. The molecular formula is C14H22N2O2. The molecule has 0 aliphatic carbocycles. The molecule has 0 radical (unpaired) electrons. The molecule has 100 valence electrons. The van der Waals surface area contributed by atoms with Crippen molar-refractivity contribution in [1.82, 2.24) is 5.32 Å². The minimum absolute atomic E-state index is 0.0667. The number of rotatable bonds is 4. The Bertz CT molecular complexity index is 395. The number of aliphatic hydroxyl groups excluding tert-OH is 1. The first-order valence-electron chi connectivity index (χ1n) is 6.45. The van der Waals surface area contributed by atoms with Crippen molar-refractivity contribution >= 4 is 5.69 Å². The van der Waals surface area contributed by atoms with Crippen LogP contribution in [0.15, 0.2) is 18.2 Å². The van der Waals surface area contributed by atoms with Crippen LogP contribution in [0.3, 0.4) is 0 Å². The van der Waals surface area contributed by atoms with Crippen LogP contribution in [0.5, 0.6) is 0 Å². The van der Waals surface area contributed by atoms with Gasteiger partial charge in [0.15, 0.2) is 0 Å². The molecule has 0 spiro atoms. The number of nitrogens with zero attached hydrogens (tertiary/aromatic N) is 1. The summed E-state index contributed by atoms with van der Waals surface area (Å²) in [6.07, 6.45) is 0. The molecule has 0 bridgehead atoms. The topological polar surface area (TPSA) is 44.7 Å². The number of ether oxygens (including phenoxy) is 1. The highest BCUT2D eigenvalue weighted by Crippen LogP contribution is 2.25. The molecule has 2 N–H and O–H groups in total. The van der Waals surface area contributed by atoms with Gasteiger partial charge >= 0.3 is 0 Å². The van der Waals surface area contributed by atoms with Crippen LogP contribution >= 0.6 is 0 Å². The lowest BCUT2D eigenvalue weighted by Crippen LogP contribution is -2.48. The lowest BCUT2D eigenvalue weighted by Gasteiger charge is -2.37. The third-order valence-electron chi connectivity index (χ3n) is 3.35. The Balaban J connectivity index is 2.29. The summed E-state index contributed by atoms with van der Waals surface area (Å²) in [6, 6.07) is 6.54. The molecule has 0 aromatic heterocycles. The number of morpholine rings is 1. The van der Waals surface area contributed by atoms with Gasteiger partial charge in [-0.05, 0) is 25.6 Å². The Labute approximate surface area is 109 Å². The van der Waals surface area contributed by atoms with Gasteiger partial charge in [0.2, 0.25) is 0 Å². The summed E-state index contributed by atoms with van der Waals surface area (Å²) < 4.78 is 5.43. The van der Waals surface area contributed by atoms with E-state index in [1.807, 2.05) is 7.05 Å². The molecule has 18 heavy (non-hydrogen) atoms. The first kappa shape index (κ1) is 13.3. The second kappa shape index (κ2) is 6.18. The van der Waals surface area contributed by atoms with E-state index in [-0.39, 0.29) is 12.6 Å². The van der Waals surface area contributed by atoms with Crippen molar-refractivity contribution in [2.24, 2.45) is 0 Å². The smallest absolute Gasteiger partial charge is 0.0755 e. The summed E-state index contributed by atoms with van der Waals surface area (Å²) in [5.41, 5.74) is 3.74. The molecular weight excluding hydrogens is 228 g/mol. The number of hydrogen-bond acceptors (Lipinski definition) is 4. The fraction of sp³-hybridized carbons (Fsp3) is 0.571. The summed E-state index contributed by atoms with van der Waals surface area (Å²) in [7, 11) is 1.95. The van der Waals surface area contributed by atoms with Crippen molar-refractivity contribution in [3.8, 4) is 0 Å². The van der Waals surface area contributed by atoms with Crippen molar-refractivity contribution in [2.75, 3.05) is 38.3 Å². The zero-order chi connectivity index (χ0) is 13.0. The molecule has 1 heterocycles. The lowest BCUT2D eigenvalue weighted by atomic mass is 10.1. The fourth-order valence-electron chi connectivity index (χ4n) is 2.45. The standard InChI is InChI=1S/C14H22N2O2/c1-11-3-4-14(12(7-11)8-15-2)16-5-6-18-10-13(16)9-17/h3-4,7,13,15,17H,5-6,8-10H2,1-2H3. The Morgan fingerprint density at radius 2 is 2.33 bits per heavy atom. The lowest BCUT2D eigenvalue weighted by molar-refractivity contribution is 0.0726. The van der Waals surface area contributed by atoms with Crippen LogP contribution in [0.25, 0.3) is 0 Å². The van der Waals surface area contributed by atoms with Gasteiger partial charge in [-0.3, -0.25) is 0 Å². The predicted molar refractivity (Wildman–Crippen MR) is 73.0 cm³/mol. The third-order valence-corrected chi connectivity index (χ3v) is 3.35.